The van der Waals surface area contributed by atoms with E-state index >= 15 is 0 Å². The molecule has 1 fully saturated rings. The number of aromatic nitrogens is 2. The van der Waals surface area contributed by atoms with Crippen molar-refractivity contribution in [2.45, 2.75) is 25.7 Å². The van der Waals surface area contributed by atoms with Gasteiger partial charge >= 0.3 is 0 Å². The van der Waals surface area contributed by atoms with Crippen LogP contribution >= 0.6 is 0 Å². The maximum atomic E-state index is 12.5. The molecule has 9 heteroatoms. The summed E-state index contributed by atoms with van der Waals surface area (Å²) in [6, 6.07) is 14.4. The minimum atomic E-state index is -0.256. The first-order valence-corrected chi connectivity index (χ1v) is 11.3. The summed E-state index contributed by atoms with van der Waals surface area (Å²) in [5, 5.41) is 6.83. The molecule has 1 aromatic heterocycles. The number of rotatable bonds is 8. The Bertz CT molecular complexity index is 1120. The van der Waals surface area contributed by atoms with Crippen molar-refractivity contribution in [3.05, 3.63) is 60.0 Å². The number of carbonyl (C=O) groups excluding carboxylic acids is 2. The first kappa shape index (κ1) is 23.3. The Morgan fingerprint density at radius 3 is 2.59 bits per heavy atom. The first-order chi connectivity index (χ1) is 16.6. The number of piperidine rings is 1. The Morgan fingerprint density at radius 1 is 1.12 bits per heavy atom. The standard InChI is InChI=1S/C25H28N4O5/c1-3-33-21-15-19(9-10-20(21)32-2)23-27-25(34-28-23)18-11-13-29(14-12-18)22(30)16-26-24(31)17-7-5-4-6-8-17/h4-10,15,18H,3,11-14,16H2,1-2H3,(H,26,31). The second-order valence-corrected chi connectivity index (χ2v) is 7.96. The quantitative estimate of drug-likeness (QED) is 0.545. The van der Waals surface area contributed by atoms with Gasteiger partial charge in [-0.25, -0.2) is 0 Å². The van der Waals surface area contributed by atoms with Crippen molar-refractivity contribution < 1.29 is 23.6 Å². The van der Waals surface area contributed by atoms with Gasteiger partial charge in [-0.1, -0.05) is 23.4 Å². The van der Waals surface area contributed by atoms with Crippen LogP contribution in [0.5, 0.6) is 11.5 Å². The fourth-order valence-electron chi connectivity index (χ4n) is 3.94. The SMILES string of the molecule is CCOc1cc(-c2noc(C3CCN(C(=O)CNC(=O)c4ccccc4)CC3)n2)ccc1OC. The van der Waals surface area contributed by atoms with Crippen LogP contribution in [0.25, 0.3) is 11.4 Å². The number of ether oxygens (including phenoxy) is 2. The molecule has 2 amide bonds. The summed E-state index contributed by atoms with van der Waals surface area (Å²) in [7, 11) is 1.60. The van der Waals surface area contributed by atoms with E-state index in [4.69, 9.17) is 14.0 Å². The zero-order valence-electron chi connectivity index (χ0n) is 19.3. The van der Waals surface area contributed by atoms with Crippen molar-refractivity contribution in [1.29, 1.82) is 0 Å². The molecule has 0 spiro atoms. The molecule has 0 atom stereocenters. The topological polar surface area (TPSA) is 107 Å². The average Bonchev–Trinajstić information content (AvgIpc) is 3.38. The van der Waals surface area contributed by atoms with Crippen LogP contribution in [0, 0.1) is 0 Å². The third-order valence-corrected chi connectivity index (χ3v) is 5.80. The van der Waals surface area contributed by atoms with E-state index in [-0.39, 0.29) is 24.3 Å². The molecule has 0 bridgehead atoms. The highest BCUT2D eigenvalue weighted by Crippen LogP contribution is 2.33. The minimum absolute atomic E-state index is 0.0251. The van der Waals surface area contributed by atoms with Crippen molar-refractivity contribution in [3.8, 4) is 22.9 Å². The summed E-state index contributed by atoms with van der Waals surface area (Å²) in [4.78, 5) is 31.0. The molecule has 1 N–H and O–H groups in total. The third-order valence-electron chi connectivity index (χ3n) is 5.80. The molecule has 4 rings (SSSR count). The van der Waals surface area contributed by atoms with Gasteiger partial charge in [0.05, 0.1) is 20.3 Å². The van der Waals surface area contributed by atoms with Crippen LogP contribution in [0.4, 0.5) is 0 Å². The Labute approximate surface area is 198 Å². The smallest absolute Gasteiger partial charge is 0.251 e. The van der Waals surface area contributed by atoms with Gasteiger partial charge in [-0.3, -0.25) is 9.59 Å². The number of hydrogen-bond acceptors (Lipinski definition) is 7. The van der Waals surface area contributed by atoms with Crippen LogP contribution in [0.2, 0.25) is 0 Å². The van der Waals surface area contributed by atoms with E-state index in [0.717, 1.165) is 5.56 Å². The molecule has 0 saturated carbocycles. The van der Waals surface area contributed by atoms with Gasteiger partial charge in [-0.2, -0.15) is 4.98 Å². The van der Waals surface area contributed by atoms with Gasteiger partial charge in [0.1, 0.15) is 0 Å². The van der Waals surface area contributed by atoms with E-state index in [1.165, 1.54) is 0 Å². The van der Waals surface area contributed by atoms with E-state index in [0.29, 0.717) is 61.3 Å². The Morgan fingerprint density at radius 2 is 1.88 bits per heavy atom. The lowest BCUT2D eigenvalue weighted by Crippen LogP contribution is -2.43. The van der Waals surface area contributed by atoms with E-state index in [1.54, 1.807) is 36.3 Å². The molecule has 3 aromatic rings. The molecule has 34 heavy (non-hydrogen) atoms. The number of benzene rings is 2. The number of hydrogen-bond donors (Lipinski definition) is 1. The molecule has 2 aromatic carbocycles. The minimum Gasteiger partial charge on any atom is -0.493 e. The second-order valence-electron chi connectivity index (χ2n) is 7.96. The number of likely N-dealkylation sites (tertiary alicyclic amines) is 1. The van der Waals surface area contributed by atoms with Crippen LogP contribution in [0.3, 0.4) is 0 Å². The first-order valence-electron chi connectivity index (χ1n) is 11.3. The lowest BCUT2D eigenvalue weighted by Gasteiger charge is -2.30. The van der Waals surface area contributed by atoms with Crippen LogP contribution in [-0.4, -0.2) is 60.2 Å². The highest BCUT2D eigenvalue weighted by Gasteiger charge is 2.28. The number of methoxy groups -OCH3 is 1. The second kappa shape index (κ2) is 10.8. The van der Waals surface area contributed by atoms with Gasteiger partial charge in [-0.15, -0.1) is 0 Å². The lowest BCUT2D eigenvalue weighted by molar-refractivity contribution is -0.131. The average molecular weight is 465 g/mol. The lowest BCUT2D eigenvalue weighted by atomic mass is 9.96. The summed E-state index contributed by atoms with van der Waals surface area (Å²) < 4.78 is 16.5. The maximum Gasteiger partial charge on any atom is 0.251 e. The number of nitrogens with one attached hydrogen (secondary N) is 1. The monoisotopic (exact) mass is 464 g/mol. The Balaban J connectivity index is 1.31. The number of nitrogens with zero attached hydrogens (tertiary/aromatic N) is 3. The van der Waals surface area contributed by atoms with Crippen molar-refractivity contribution in [1.82, 2.24) is 20.4 Å². The summed E-state index contributed by atoms with van der Waals surface area (Å²) in [5.74, 6) is 2.04. The fraction of sp³-hybridized carbons (Fsp3) is 0.360. The Kier molecular flexibility index (Phi) is 7.41. The highest BCUT2D eigenvalue weighted by atomic mass is 16.5. The number of amides is 2. The Hall–Kier alpha value is -3.88. The normalized spacial score (nSPS) is 14.0. The van der Waals surface area contributed by atoms with Gasteiger partial charge in [-0.05, 0) is 50.1 Å². The van der Waals surface area contributed by atoms with Crippen LogP contribution in [0.15, 0.2) is 53.1 Å². The predicted molar refractivity (Wildman–Crippen MR) is 125 cm³/mol. The molecule has 2 heterocycles. The highest BCUT2D eigenvalue weighted by molar-refractivity contribution is 5.96. The molecular formula is C25H28N4O5. The zero-order chi connectivity index (χ0) is 23.9. The summed E-state index contributed by atoms with van der Waals surface area (Å²) in [6.45, 7) is 3.54. The molecular weight excluding hydrogens is 436 g/mol. The molecule has 1 aliphatic heterocycles. The summed E-state index contributed by atoms with van der Waals surface area (Å²) >= 11 is 0. The number of carbonyl (C=O) groups is 2. The van der Waals surface area contributed by atoms with E-state index in [2.05, 4.69) is 15.5 Å². The van der Waals surface area contributed by atoms with Gasteiger partial charge < -0.3 is 24.2 Å². The van der Waals surface area contributed by atoms with Crippen LogP contribution in [0.1, 0.15) is 41.9 Å². The van der Waals surface area contributed by atoms with Gasteiger partial charge in [0.2, 0.25) is 17.6 Å². The fourth-order valence-corrected chi connectivity index (χ4v) is 3.94. The third kappa shape index (κ3) is 5.36. The molecule has 0 unspecified atom stereocenters. The molecule has 1 aliphatic rings. The van der Waals surface area contributed by atoms with Crippen molar-refractivity contribution in [2.24, 2.45) is 0 Å². The van der Waals surface area contributed by atoms with E-state index < -0.39 is 0 Å². The van der Waals surface area contributed by atoms with Gasteiger partial charge in [0.15, 0.2) is 11.5 Å². The molecule has 1 saturated heterocycles. The van der Waals surface area contributed by atoms with Crippen molar-refractivity contribution in [2.75, 3.05) is 33.4 Å². The molecule has 9 nitrogen and oxygen atoms in total. The van der Waals surface area contributed by atoms with E-state index in [9.17, 15) is 9.59 Å². The summed E-state index contributed by atoms with van der Waals surface area (Å²) in [5.41, 5.74) is 1.31. The largest absolute Gasteiger partial charge is 0.493 e. The molecule has 0 aliphatic carbocycles. The van der Waals surface area contributed by atoms with Crippen molar-refractivity contribution in [3.63, 3.8) is 0 Å². The van der Waals surface area contributed by atoms with Crippen LogP contribution < -0.4 is 14.8 Å². The van der Waals surface area contributed by atoms with Crippen LogP contribution in [-0.2, 0) is 4.79 Å². The molecule has 178 valence electrons. The summed E-state index contributed by atoms with van der Waals surface area (Å²) in [6.07, 6.45) is 1.43. The van der Waals surface area contributed by atoms with Crippen molar-refractivity contribution >= 4 is 11.8 Å². The van der Waals surface area contributed by atoms with Gasteiger partial charge in [0, 0.05) is 30.1 Å². The predicted octanol–water partition coefficient (Wildman–Crippen LogP) is 3.28. The van der Waals surface area contributed by atoms with Gasteiger partial charge in [0.25, 0.3) is 5.91 Å². The van der Waals surface area contributed by atoms with E-state index in [1.807, 2.05) is 31.2 Å². The maximum absolute atomic E-state index is 12.5. The molecule has 0 radical (unpaired) electrons. The zero-order valence-corrected chi connectivity index (χ0v) is 19.3.